The van der Waals surface area contributed by atoms with Gasteiger partial charge in [-0.2, -0.15) is 0 Å². The van der Waals surface area contributed by atoms with Crippen molar-refractivity contribution in [3.63, 3.8) is 0 Å². The van der Waals surface area contributed by atoms with Crippen LogP contribution in [0.2, 0.25) is 0 Å². The Morgan fingerprint density at radius 2 is 2.31 bits per heavy atom. The Morgan fingerprint density at radius 1 is 1.54 bits per heavy atom. The van der Waals surface area contributed by atoms with E-state index in [1.54, 1.807) is 0 Å². The number of hydrogen-bond donors (Lipinski definition) is 1. The smallest absolute Gasteiger partial charge is 0.221 e. The fourth-order valence-corrected chi connectivity index (χ4v) is 1.21. The van der Waals surface area contributed by atoms with Gasteiger partial charge in [0.05, 0.1) is 6.04 Å². The lowest BCUT2D eigenvalue weighted by molar-refractivity contribution is -0.121. The van der Waals surface area contributed by atoms with E-state index in [9.17, 15) is 4.79 Å². The Hall–Kier alpha value is -1.05. The van der Waals surface area contributed by atoms with Crippen LogP contribution >= 0.6 is 0 Å². The van der Waals surface area contributed by atoms with Gasteiger partial charge in [-0.25, -0.2) is 0 Å². The monoisotopic (exact) mass is 178 g/mol. The largest absolute Gasteiger partial charge is 0.344 e. The molecule has 1 N–H and O–H groups in total. The number of rotatable bonds is 3. The zero-order chi connectivity index (χ0) is 9.68. The van der Waals surface area contributed by atoms with E-state index in [1.807, 2.05) is 38.2 Å². The molecule has 0 unspecified atom stereocenters. The van der Waals surface area contributed by atoms with Crippen LogP contribution in [0.5, 0.6) is 0 Å². The van der Waals surface area contributed by atoms with Crippen molar-refractivity contribution in [1.82, 2.24) is 5.32 Å². The maximum Gasteiger partial charge on any atom is 0.221 e. The maximum absolute atomic E-state index is 11.3. The van der Waals surface area contributed by atoms with Crippen LogP contribution in [0.15, 0.2) is 24.3 Å². The zero-order valence-electron chi connectivity index (χ0n) is 8.21. The summed E-state index contributed by atoms with van der Waals surface area (Å²) in [4.78, 5) is 11.3. The van der Waals surface area contributed by atoms with E-state index in [0.717, 1.165) is 12.5 Å². The summed E-state index contributed by atoms with van der Waals surface area (Å²) in [6.45, 7) is 4.09. The van der Waals surface area contributed by atoms with E-state index in [-0.39, 0.29) is 5.91 Å². The summed E-state index contributed by atoms with van der Waals surface area (Å²) in [6, 6.07) is 0.994. The molecule has 1 aliphatic carbocycles. The third kappa shape index (κ3) is 3.92. The summed E-state index contributed by atoms with van der Waals surface area (Å²) in [5.74, 6) is 0.536. The fourth-order valence-electron chi connectivity index (χ4n) is 1.21. The second-order valence-electron chi connectivity index (χ2n) is 3.66. The highest BCUT2D eigenvalue weighted by Crippen LogP contribution is 2.11. The molecule has 0 spiro atoms. The zero-order valence-corrected chi connectivity index (χ0v) is 8.21. The molecule has 0 aliphatic heterocycles. The Morgan fingerprint density at radius 3 is 2.85 bits per heavy atom. The summed E-state index contributed by atoms with van der Waals surface area (Å²) in [5, 5.41) is 2.89. The minimum atomic E-state index is 0.116. The average molecular weight is 178 g/mol. The molecule has 0 atom stereocenters. The first-order valence-electron chi connectivity index (χ1n) is 4.67. The number of carbonyl (C=O) groups excluding carboxylic acids is 1. The van der Waals surface area contributed by atoms with Crippen molar-refractivity contribution in [3.05, 3.63) is 30.3 Å². The molecule has 0 saturated carbocycles. The lowest BCUT2D eigenvalue weighted by atomic mass is 10.1. The van der Waals surface area contributed by atoms with Crippen molar-refractivity contribution in [2.75, 3.05) is 0 Å². The third-order valence-electron chi connectivity index (χ3n) is 1.78. The first-order chi connectivity index (χ1) is 6.18. The van der Waals surface area contributed by atoms with Crippen LogP contribution in [-0.4, -0.2) is 5.91 Å². The second-order valence-corrected chi connectivity index (χ2v) is 3.66. The van der Waals surface area contributed by atoms with E-state index in [2.05, 4.69) is 5.32 Å². The molecule has 1 rings (SSSR count). The second kappa shape index (κ2) is 4.85. The predicted molar refractivity (Wildman–Crippen MR) is 53.7 cm³/mol. The minimum absolute atomic E-state index is 0.116. The molecule has 2 heteroatoms. The molecule has 1 amide bonds. The van der Waals surface area contributed by atoms with Gasteiger partial charge < -0.3 is 5.32 Å². The van der Waals surface area contributed by atoms with Crippen molar-refractivity contribution < 1.29 is 4.79 Å². The molecule has 0 aromatic carbocycles. The molecular weight excluding hydrogens is 162 g/mol. The van der Waals surface area contributed by atoms with E-state index < -0.39 is 0 Å². The first kappa shape index (κ1) is 10.0. The van der Waals surface area contributed by atoms with Crippen molar-refractivity contribution in [2.45, 2.75) is 26.7 Å². The highest BCUT2D eigenvalue weighted by molar-refractivity contribution is 5.77. The molecule has 1 radical (unpaired) electrons. The molecule has 0 heterocycles. The molecule has 0 aromatic rings. The van der Waals surface area contributed by atoms with Crippen LogP contribution in [0.1, 0.15) is 26.7 Å². The molecule has 0 bridgehead atoms. The molecule has 1 aliphatic rings. The predicted octanol–water partition coefficient (Wildman–Crippen LogP) is 2.20. The molecule has 0 fully saturated rings. The number of carbonyl (C=O) groups is 1. The van der Waals surface area contributed by atoms with Gasteiger partial charge in [0.15, 0.2) is 0 Å². The van der Waals surface area contributed by atoms with Gasteiger partial charge in [-0.05, 0) is 12.3 Å². The maximum atomic E-state index is 11.3. The summed E-state index contributed by atoms with van der Waals surface area (Å²) in [5.41, 5.74) is 0. The Kier molecular flexibility index (Phi) is 3.74. The van der Waals surface area contributed by atoms with Crippen LogP contribution in [0.4, 0.5) is 0 Å². The van der Waals surface area contributed by atoms with Crippen LogP contribution in [-0.2, 0) is 4.79 Å². The molecular formula is C11H16NO. The van der Waals surface area contributed by atoms with Crippen LogP contribution in [0, 0.1) is 12.0 Å². The lowest BCUT2D eigenvalue weighted by Gasteiger charge is -2.14. The van der Waals surface area contributed by atoms with E-state index in [4.69, 9.17) is 0 Å². The van der Waals surface area contributed by atoms with Gasteiger partial charge in [0.2, 0.25) is 5.91 Å². The topological polar surface area (TPSA) is 29.1 Å². The van der Waals surface area contributed by atoms with Crippen molar-refractivity contribution in [3.8, 4) is 0 Å². The standard InChI is InChI=1S/C11H16NO/c1-9(2)8-11(13)12-10-6-4-3-5-7-10/h3-6,9H,7-8H2,1-2H3,(H,12,13). The lowest BCUT2D eigenvalue weighted by Crippen LogP contribution is -2.28. The Bertz CT molecular complexity index is 228. The quantitative estimate of drug-likeness (QED) is 0.705. The SMILES string of the molecule is CC(C)CC(=O)N[C]1C=CC=CC1. The van der Waals surface area contributed by atoms with Gasteiger partial charge in [-0.15, -0.1) is 0 Å². The minimum Gasteiger partial charge on any atom is -0.344 e. The van der Waals surface area contributed by atoms with Gasteiger partial charge in [0, 0.05) is 6.42 Å². The normalized spacial score (nSPS) is 16.5. The highest BCUT2D eigenvalue weighted by atomic mass is 16.1. The fraction of sp³-hybridized carbons (Fsp3) is 0.455. The van der Waals surface area contributed by atoms with Crippen LogP contribution in [0.25, 0.3) is 0 Å². The Balaban J connectivity index is 2.28. The van der Waals surface area contributed by atoms with Gasteiger partial charge in [0.1, 0.15) is 0 Å². The summed E-state index contributed by atoms with van der Waals surface area (Å²) >= 11 is 0. The first-order valence-corrected chi connectivity index (χ1v) is 4.67. The van der Waals surface area contributed by atoms with Gasteiger partial charge >= 0.3 is 0 Å². The van der Waals surface area contributed by atoms with Crippen LogP contribution in [0.3, 0.4) is 0 Å². The highest BCUT2D eigenvalue weighted by Gasteiger charge is 2.11. The van der Waals surface area contributed by atoms with Gasteiger partial charge in [-0.1, -0.05) is 38.2 Å². The van der Waals surface area contributed by atoms with E-state index in [1.165, 1.54) is 0 Å². The molecule has 13 heavy (non-hydrogen) atoms. The molecule has 0 aromatic heterocycles. The third-order valence-corrected chi connectivity index (χ3v) is 1.78. The van der Waals surface area contributed by atoms with E-state index >= 15 is 0 Å². The summed E-state index contributed by atoms with van der Waals surface area (Å²) < 4.78 is 0. The molecule has 0 saturated heterocycles. The molecule has 2 nitrogen and oxygen atoms in total. The van der Waals surface area contributed by atoms with Crippen molar-refractivity contribution in [1.29, 1.82) is 0 Å². The van der Waals surface area contributed by atoms with Crippen molar-refractivity contribution >= 4 is 5.91 Å². The van der Waals surface area contributed by atoms with Crippen molar-refractivity contribution in [2.24, 2.45) is 5.92 Å². The number of amides is 1. The number of hydrogen-bond acceptors (Lipinski definition) is 1. The summed E-state index contributed by atoms with van der Waals surface area (Å²) in [6.07, 6.45) is 9.33. The average Bonchev–Trinajstić information content (AvgIpc) is 2.04. The number of allylic oxidation sites excluding steroid dienone is 2. The Labute approximate surface area is 79.7 Å². The van der Waals surface area contributed by atoms with Crippen LogP contribution < -0.4 is 5.32 Å². The number of nitrogens with one attached hydrogen (secondary N) is 1. The van der Waals surface area contributed by atoms with Gasteiger partial charge in [0.25, 0.3) is 0 Å². The van der Waals surface area contributed by atoms with Gasteiger partial charge in [-0.3, -0.25) is 4.79 Å². The summed E-state index contributed by atoms with van der Waals surface area (Å²) in [7, 11) is 0. The molecule has 71 valence electrons. The van der Waals surface area contributed by atoms with E-state index in [0.29, 0.717) is 12.3 Å².